The summed E-state index contributed by atoms with van der Waals surface area (Å²) >= 11 is 0. The molecule has 0 saturated carbocycles. The number of hydrogen-bond acceptors (Lipinski definition) is 4. The predicted octanol–water partition coefficient (Wildman–Crippen LogP) is 3.53. The van der Waals surface area contributed by atoms with Gasteiger partial charge in [0.15, 0.2) is 17.6 Å². The molecule has 5 heteroatoms. The standard InChI is InChI=1S/C21H25NO4/c1-14(2)16-7-6-8-17(11-16)25-15(3)21(23)22-12-18-13-24-19-9-4-5-10-20(19)26-18/h4-11,14-15,18H,12-13H2,1-3H3,(H,22,23). The average molecular weight is 355 g/mol. The predicted molar refractivity (Wildman–Crippen MR) is 100.0 cm³/mol. The van der Waals surface area contributed by atoms with Crippen LogP contribution in [0.3, 0.4) is 0 Å². The first-order chi connectivity index (χ1) is 12.5. The Labute approximate surface area is 154 Å². The average Bonchev–Trinajstić information content (AvgIpc) is 2.66. The van der Waals surface area contributed by atoms with Crippen molar-refractivity contribution in [3.05, 3.63) is 54.1 Å². The van der Waals surface area contributed by atoms with Crippen LogP contribution >= 0.6 is 0 Å². The van der Waals surface area contributed by atoms with Gasteiger partial charge in [0, 0.05) is 0 Å². The van der Waals surface area contributed by atoms with Gasteiger partial charge in [-0.25, -0.2) is 0 Å². The molecule has 2 unspecified atom stereocenters. The van der Waals surface area contributed by atoms with Crippen molar-refractivity contribution in [3.63, 3.8) is 0 Å². The minimum Gasteiger partial charge on any atom is -0.486 e. The second-order valence-corrected chi connectivity index (χ2v) is 6.73. The SMILES string of the molecule is CC(Oc1cccc(C(C)C)c1)C(=O)NCC1COc2ccccc2O1. The molecule has 2 aromatic rings. The quantitative estimate of drug-likeness (QED) is 0.861. The molecule has 2 aromatic carbocycles. The van der Waals surface area contributed by atoms with Crippen molar-refractivity contribution in [1.29, 1.82) is 0 Å². The van der Waals surface area contributed by atoms with Gasteiger partial charge in [0.25, 0.3) is 5.91 Å². The Morgan fingerprint density at radius 1 is 1.15 bits per heavy atom. The van der Waals surface area contributed by atoms with Crippen molar-refractivity contribution < 1.29 is 19.0 Å². The minimum atomic E-state index is -0.589. The van der Waals surface area contributed by atoms with Crippen molar-refractivity contribution in [2.24, 2.45) is 0 Å². The van der Waals surface area contributed by atoms with Crippen molar-refractivity contribution >= 4 is 5.91 Å². The highest BCUT2D eigenvalue weighted by Gasteiger charge is 2.22. The first-order valence-electron chi connectivity index (χ1n) is 8.95. The van der Waals surface area contributed by atoms with Crippen LogP contribution in [0.25, 0.3) is 0 Å². The van der Waals surface area contributed by atoms with E-state index in [9.17, 15) is 4.79 Å². The van der Waals surface area contributed by atoms with Gasteiger partial charge in [0.1, 0.15) is 18.5 Å². The van der Waals surface area contributed by atoms with Crippen LogP contribution < -0.4 is 19.5 Å². The molecule has 3 rings (SSSR count). The van der Waals surface area contributed by atoms with E-state index in [1.807, 2.05) is 42.5 Å². The summed E-state index contributed by atoms with van der Waals surface area (Å²) in [6, 6.07) is 15.4. The van der Waals surface area contributed by atoms with Gasteiger partial charge in [-0.2, -0.15) is 0 Å². The highest BCUT2D eigenvalue weighted by atomic mass is 16.6. The summed E-state index contributed by atoms with van der Waals surface area (Å²) in [5, 5.41) is 2.87. The van der Waals surface area contributed by atoms with Gasteiger partial charge in [-0.15, -0.1) is 0 Å². The van der Waals surface area contributed by atoms with E-state index in [1.165, 1.54) is 5.56 Å². The van der Waals surface area contributed by atoms with Gasteiger partial charge < -0.3 is 19.5 Å². The van der Waals surface area contributed by atoms with Crippen LogP contribution in [0.15, 0.2) is 48.5 Å². The lowest BCUT2D eigenvalue weighted by molar-refractivity contribution is -0.127. The number of amides is 1. The summed E-state index contributed by atoms with van der Waals surface area (Å²) in [5.41, 5.74) is 1.18. The van der Waals surface area contributed by atoms with Crippen molar-refractivity contribution in [2.45, 2.75) is 38.9 Å². The molecule has 1 aliphatic rings. The number of nitrogens with one attached hydrogen (secondary N) is 1. The Hall–Kier alpha value is -2.69. The fourth-order valence-electron chi connectivity index (χ4n) is 2.73. The maximum atomic E-state index is 12.3. The summed E-state index contributed by atoms with van der Waals surface area (Å²) < 4.78 is 17.3. The first kappa shape index (κ1) is 18.1. The van der Waals surface area contributed by atoms with Crippen LogP contribution in [0.5, 0.6) is 17.2 Å². The molecule has 5 nitrogen and oxygen atoms in total. The third-order valence-corrected chi connectivity index (χ3v) is 4.28. The topological polar surface area (TPSA) is 56.8 Å². The van der Waals surface area contributed by atoms with Crippen molar-refractivity contribution in [3.8, 4) is 17.2 Å². The number of para-hydroxylation sites is 2. The largest absolute Gasteiger partial charge is 0.486 e. The molecule has 0 aromatic heterocycles. The Bertz CT molecular complexity index is 759. The molecule has 1 N–H and O–H groups in total. The maximum absolute atomic E-state index is 12.3. The molecule has 0 bridgehead atoms. The van der Waals surface area contributed by atoms with E-state index < -0.39 is 6.10 Å². The van der Waals surface area contributed by atoms with Crippen LogP contribution in [0.2, 0.25) is 0 Å². The van der Waals surface area contributed by atoms with E-state index >= 15 is 0 Å². The normalized spacial score (nSPS) is 16.8. The number of fused-ring (bicyclic) bond motifs is 1. The van der Waals surface area contributed by atoms with Crippen LogP contribution in [-0.2, 0) is 4.79 Å². The highest BCUT2D eigenvalue weighted by Crippen LogP contribution is 2.30. The fourth-order valence-corrected chi connectivity index (χ4v) is 2.73. The zero-order valence-corrected chi connectivity index (χ0v) is 15.4. The second kappa shape index (κ2) is 8.13. The Morgan fingerprint density at radius 2 is 1.92 bits per heavy atom. The van der Waals surface area contributed by atoms with Crippen molar-refractivity contribution in [2.75, 3.05) is 13.2 Å². The van der Waals surface area contributed by atoms with E-state index in [-0.39, 0.29) is 12.0 Å². The molecule has 1 heterocycles. The maximum Gasteiger partial charge on any atom is 0.260 e. The zero-order chi connectivity index (χ0) is 18.5. The molecule has 1 aliphatic heterocycles. The third kappa shape index (κ3) is 4.48. The van der Waals surface area contributed by atoms with E-state index in [0.717, 1.165) is 5.75 Å². The number of carbonyl (C=O) groups is 1. The van der Waals surface area contributed by atoms with E-state index in [0.29, 0.717) is 30.6 Å². The van der Waals surface area contributed by atoms with Gasteiger partial charge in [-0.1, -0.05) is 38.1 Å². The number of ether oxygens (including phenoxy) is 3. The Balaban J connectivity index is 1.50. The lowest BCUT2D eigenvalue weighted by Crippen LogP contribution is -2.44. The van der Waals surface area contributed by atoms with Crippen LogP contribution in [-0.4, -0.2) is 31.3 Å². The molecule has 0 radical (unpaired) electrons. The molecule has 0 spiro atoms. The number of hydrogen-bond donors (Lipinski definition) is 1. The van der Waals surface area contributed by atoms with Crippen LogP contribution in [0, 0.1) is 0 Å². The molecule has 2 atom stereocenters. The summed E-state index contributed by atoms with van der Waals surface area (Å²) in [6.07, 6.45) is -0.806. The smallest absolute Gasteiger partial charge is 0.260 e. The van der Waals surface area contributed by atoms with Gasteiger partial charge in [0.05, 0.1) is 6.54 Å². The second-order valence-electron chi connectivity index (χ2n) is 6.73. The molecular weight excluding hydrogens is 330 g/mol. The summed E-state index contributed by atoms with van der Waals surface area (Å²) in [6.45, 7) is 6.76. The molecular formula is C21H25NO4. The van der Waals surface area contributed by atoms with Crippen LogP contribution in [0.4, 0.5) is 0 Å². The summed E-state index contributed by atoms with van der Waals surface area (Å²) in [4.78, 5) is 12.3. The molecule has 0 fully saturated rings. The van der Waals surface area contributed by atoms with Gasteiger partial charge in [-0.3, -0.25) is 4.79 Å². The molecule has 1 amide bonds. The first-order valence-corrected chi connectivity index (χ1v) is 8.95. The van der Waals surface area contributed by atoms with E-state index in [4.69, 9.17) is 14.2 Å². The lowest BCUT2D eigenvalue weighted by Gasteiger charge is -2.27. The van der Waals surface area contributed by atoms with E-state index in [2.05, 4.69) is 25.2 Å². The minimum absolute atomic E-state index is 0.178. The number of benzene rings is 2. The lowest BCUT2D eigenvalue weighted by atomic mass is 10.0. The van der Waals surface area contributed by atoms with Gasteiger partial charge in [0.2, 0.25) is 0 Å². The third-order valence-electron chi connectivity index (χ3n) is 4.28. The van der Waals surface area contributed by atoms with Crippen LogP contribution in [0.1, 0.15) is 32.3 Å². The molecule has 0 saturated heterocycles. The number of carbonyl (C=O) groups excluding carboxylic acids is 1. The molecule has 26 heavy (non-hydrogen) atoms. The molecule has 0 aliphatic carbocycles. The fraction of sp³-hybridized carbons (Fsp3) is 0.381. The monoisotopic (exact) mass is 355 g/mol. The summed E-state index contributed by atoms with van der Waals surface area (Å²) in [5.74, 6) is 2.37. The number of rotatable bonds is 6. The van der Waals surface area contributed by atoms with Crippen molar-refractivity contribution in [1.82, 2.24) is 5.32 Å². The van der Waals surface area contributed by atoms with E-state index in [1.54, 1.807) is 6.92 Å². The Morgan fingerprint density at radius 3 is 2.69 bits per heavy atom. The highest BCUT2D eigenvalue weighted by molar-refractivity contribution is 5.80. The zero-order valence-electron chi connectivity index (χ0n) is 15.4. The Kier molecular flexibility index (Phi) is 5.66. The van der Waals surface area contributed by atoms with Gasteiger partial charge in [-0.05, 0) is 42.7 Å². The summed E-state index contributed by atoms with van der Waals surface area (Å²) in [7, 11) is 0. The van der Waals surface area contributed by atoms with Gasteiger partial charge >= 0.3 is 0 Å². The molecule has 138 valence electrons.